The molecule has 144 valence electrons. The maximum Gasteiger partial charge on any atom is 0.255 e. The highest BCUT2D eigenvalue weighted by Gasteiger charge is 2.12. The number of anilines is 3. The Morgan fingerprint density at radius 2 is 1.86 bits per heavy atom. The molecule has 1 heterocycles. The van der Waals surface area contributed by atoms with Crippen molar-refractivity contribution in [1.29, 1.82) is 0 Å². The number of rotatable bonds is 6. The molecule has 7 heteroatoms. The normalized spacial score (nSPS) is 10.5. The zero-order chi connectivity index (χ0) is 20.1. The van der Waals surface area contributed by atoms with Crippen molar-refractivity contribution in [2.45, 2.75) is 26.8 Å². The van der Waals surface area contributed by atoms with Crippen LogP contribution in [0.5, 0.6) is 0 Å². The van der Waals surface area contributed by atoms with E-state index in [0.717, 1.165) is 12.0 Å². The molecular formula is C21H21FN4O2. The summed E-state index contributed by atoms with van der Waals surface area (Å²) >= 11 is 0. The summed E-state index contributed by atoms with van der Waals surface area (Å²) in [5.74, 6) is -0.601. The molecule has 0 saturated heterocycles. The van der Waals surface area contributed by atoms with Crippen molar-refractivity contribution in [2.24, 2.45) is 0 Å². The van der Waals surface area contributed by atoms with Crippen molar-refractivity contribution in [3.63, 3.8) is 0 Å². The van der Waals surface area contributed by atoms with E-state index in [1.165, 1.54) is 22.8 Å². The number of amides is 1. The molecule has 3 aromatic rings. The first-order chi connectivity index (χ1) is 13.4. The van der Waals surface area contributed by atoms with E-state index in [1.807, 2.05) is 25.1 Å². The van der Waals surface area contributed by atoms with E-state index in [1.54, 1.807) is 25.1 Å². The quantitative estimate of drug-likeness (QED) is 0.685. The molecule has 0 spiro atoms. The molecule has 0 radical (unpaired) electrons. The molecule has 28 heavy (non-hydrogen) atoms. The molecule has 0 bridgehead atoms. The first-order valence-corrected chi connectivity index (χ1v) is 8.94. The third kappa shape index (κ3) is 4.82. The zero-order valence-electron chi connectivity index (χ0n) is 15.7. The van der Waals surface area contributed by atoms with Crippen molar-refractivity contribution in [1.82, 2.24) is 9.55 Å². The number of benzene rings is 2. The van der Waals surface area contributed by atoms with E-state index in [4.69, 9.17) is 0 Å². The highest BCUT2D eigenvalue weighted by molar-refractivity contribution is 5.90. The second kappa shape index (κ2) is 8.47. The number of hydrogen-bond donors (Lipinski definition) is 2. The average Bonchev–Trinajstić information content (AvgIpc) is 2.64. The van der Waals surface area contributed by atoms with Gasteiger partial charge in [0.2, 0.25) is 11.9 Å². The van der Waals surface area contributed by atoms with Crippen LogP contribution in [0.1, 0.15) is 18.2 Å². The molecule has 0 aliphatic heterocycles. The van der Waals surface area contributed by atoms with Crippen LogP contribution in [0, 0.1) is 12.7 Å². The monoisotopic (exact) mass is 380 g/mol. The van der Waals surface area contributed by atoms with Gasteiger partial charge >= 0.3 is 0 Å². The summed E-state index contributed by atoms with van der Waals surface area (Å²) in [5.41, 5.74) is 2.32. The molecule has 0 fully saturated rings. The summed E-state index contributed by atoms with van der Waals surface area (Å²) in [6, 6.07) is 14.7. The van der Waals surface area contributed by atoms with Crippen LogP contribution in [0.25, 0.3) is 0 Å². The Morgan fingerprint density at radius 3 is 2.61 bits per heavy atom. The lowest BCUT2D eigenvalue weighted by molar-refractivity contribution is -0.116. The molecule has 2 N–H and O–H groups in total. The number of carbonyl (C=O) groups excluding carboxylic acids is 1. The third-order valence-corrected chi connectivity index (χ3v) is 4.14. The molecule has 1 amide bonds. The summed E-state index contributed by atoms with van der Waals surface area (Å²) in [5, 5.41) is 5.71. The predicted molar refractivity (Wildman–Crippen MR) is 107 cm³/mol. The van der Waals surface area contributed by atoms with Gasteiger partial charge in [-0.2, -0.15) is 0 Å². The smallest absolute Gasteiger partial charge is 0.255 e. The Balaban J connectivity index is 1.84. The molecule has 0 unspecified atom stereocenters. The summed E-state index contributed by atoms with van der Waals surface area (Å²) in [4.78, 5) is 29.2. The number of nitrogens with zero attached hydrogens (tertiary/aromatic N) is 2. The zero-order valence-corrected chi connectivity index (χ0v) is 15.7. The summed E-state index contributed by atoms with van der Waals surface area (Å²) in [6.07, 6.45) is 0.854. The van der Waals surface area contributed by atoms with Gasteiger partial charge in [-0.05, 0) is 49.2 Å². The molecule has 0 aliphatic rings. The van der Waals surface area contributed by atoms with Crippen LogP contribution in [0.3, 0.4) is 0 Å². The Bertz CT molecular complexity index is 1060. The summed E-state index contributed by atoms with van der Waals surface area (Å²) in [7, 11) is 0. The number of aryl methyl sites for hydroxylation is 2. The van der Waals surface area contributed by atoms with Gasteiger partial charge in [0.25, 0.3) is 5.56 Å². The topological polar surface area (TPSA) is 76.0 Å². The van der Waals surface area contributed by atoms with Crippen LogP contribution in [-0.4, -0.2) is 15.5 Å². The van der Waals surface area contributed by atoms with Gasteiger partial charge in [-0.1, -0.05) is 25.1 Å². The first-order valence-electron chi connectivity index (χ1n) is 8.94. The van der Waals surface area contributed by atoms with E-state index in [0.29, 0.717) is 17.1 Å². The molecular weight excluding hydrogens is 359 g/mol. The molecule has 0 saturated carbocycles. The molecule has 1 aromatic heterocycles. The van der Waals surface area contributed by atoms with Crippen LogP contribution in [0.15, 0.2) is 59.4 Å². The van der Waals surface area contributed by atoms with Crippen molar-refractivity contribution < 1.29 is 9.18 Å². The fourth-order valence-corrected chi connectivity index (χ4v) is 2.78. The van der Waals surface area contributed by atoms with Gasteiger partial charge in [-0.3, -0.25) is 14.2 Å². The number of halogens is 1. The van der Waals surface area contributed by atoms with Gasteiger partial charge in [-0.15, -0.1) is 0 Å². The largest absolute Gasteiger partial charge is 0.325 e. The van der Waals surface area contributed by atoms with Gasteiger partial charge in [0, 0.05) is 23.1 Å². The highest BCUT2D eigenvalue weighted by atomic mass is 19.1. The van der Waals surface area contributed by atoms with E-state index >= 15 is 0 Å². The SMILES string of the molecule is CCc1cccc(NC(=O)Cn2c(Nc3cccc(F)c3)nc(C)cc2=O)c1. The first kappa shape index (κ1) is 19.3. The van der Waals surface area contributed by atoms with Crippen molar-refractivity contribution >= 4 is 23.2 Å². The standard InChI is InChI=1S/C21H21FN4O2/c1-3-15-6-4-8-17(11-15)24-19(27)13-26-20(28)10-14(2)23-21(26)25-18-9-5-7-16(22)12-18/h4-12H,3,13H2,1-2H3,(H,23,25)(H,24,27). The lowest BCUT2D eigenvalue weighted by Gasteiger charge is -2.14. The van der Waals surface area contributed by atoms with Gasteiger partial charge < -0.3 is 10.6 Å². The second-order valence-electron chi connectivity index (χ2n) is 6.38. The number of hydrogen-bond acceptors (Lipinski definition) is 4. The number of nitrogens with one attached hydrogen (secondary N) is 2. The molecule has 2 aromatic carbocycles. The van der Waals surface area contributed by atoms with Crippen molar-refractivity contribution in [2.75, 3.05) is 10.6 Å². The number of aromatic nitrogens is 2. The maximum absolute atomic E-state index is 13.5. The fraction of sp³-hybridized carbons (Fsp3) is 0.190. The Kier molecular flexibility index (Phi) is 5.84. The highest BCUT2D eigenvalue weighted by Crippen LogP contribution is 2.16. The minimum atomic E-state index is -0.417. The van der Waals surface area contributed by atoms with Crippen molar-refractivity contribution in [3.05, 3.63) is 82.0 Å². The Labute approximate surface area is 162 Å². The van der Waals surface area contributed by atoms with Crippen LogP contribution in [0.4, 0.5) is 21.7 Å². The van der Waals surface area contributed by atoms with E-state index < -0.39 is 5.82 Å². The molecule has 3 rings (SSSR count). The molecule has 0 atom stereocenters. The summed E-state index contributed by atoms with van der Waals surface area (Å²) in [6.45, 7) is 3.49. The average molecular weight is 380 g/mol. The van der Waals surface area contributed by atoms with E-state index in [9.17, 15) is 14.0 Å². The lowest BCUT2D eigenvalue weighted by Crippen LogP contribution is -2.30. The molecule has 6 nitrogen and oxygen atoms in total. The van der Waals surface area contributed by atoms with Crippen molar-refractivity contribution in [3.8, 4) is 0 Å². The fourth-order valence-electron chi connectivity index (χ4n) is 2.78. The minimum Gasteiger partial charge on any atom is -0.325 e. The van der Waals surface area contributed by atoms with Crippen LogP contribution < -0.4 is 16.2 Å². The van der Waals surface area contributed by atoms with Gasteiger partial charge in [0.1, 0.15) is 12.4 Å². The van der Waals surface area contributed by atoms with Crippen LogP contribution >= 0.6 is 0 Å². The Hall–Kier alpha value is -3.48. The minimum absolute atomic E-state index is 0.174. The van der Waals surface area contributed by atoms with Crippen LogP contribution in [0.2, 0.25) is 0 Å². The van der Waals surface area contributed by atoms with E-state index in [-0.39, 0.29) is 24.0 Å². The van der Waals surface area contributed by atoms with Crippen LogP contribution in [-0.2, 0) is 17.8 Å². The van der Waals surface area contributed by atoms with E-state index in [2.05, 4.69) is 15.6 Å². The number of carbonyl (C=O) groups is 1. The summed E-state index contributed by atoms with van der Waals surface area (Å²) < 4.78 is 14.7. The Morgan fingerprint density at radius 1 is 1.11 bits per heavy atom. The third-order valence-electron chi connectivity index (χ3n) is 4.14. The maximum atomic E-state index is 13.5. The lowest BCUT2D eigenvalue weighted by atomic mass is 10.1. The van der Waals surface area contributed by atoms with Gasteiger partial charge in [0.05, 0.1) is 0 Å². The van der Waals surface area contributed by atoms with Gasteiger partial charge in [0.15, 0.2) is 0 Å². The predicted octanol–water partition coefficient (Wildman–Crippen LogP) is 3.64. The van der Waals surface area contributed by atoms with Gasteiger partial charge in [-0.25, -0.2) is 9.37 Å². The molecule has 0 aliphatic carbocycles. The second-order valence-corrected chi connectivity index (χ2v) is 6.38.